The lowest BCUT2D eigenvalue weighted by Crippen LogP contribution is -2.08. The highest BCUT2D eigenvalue weighted by molar-refractivity contribution is 6.30. The Morgan fingerprint density at radius 3 is 2.45 bits per heavy atom. The number of phenols is 1. The molecule has 0 bridgehead atoms. The molecule has 1 aromatic carbocycles. The molecular formula is C8H10ClNO. The summed E-state index contributed by atoms with van der Waals surface area (Å²) < 4.78 is 0. The number of hydrogen-bond acceptors (Lipinski definition) is 2. The first kappa shape index (κ1) is 8.21. The molecule has 0 heterocycles. The molecule has 0 aliphatic rings. The summed E-state index contributed by atoms with van der Waals surface area (Å²) in [5.74, 6) is 0.211. The summed E-state index contributed by atoms with van der Waals surface area (Å²) in [6, 6.07) is 5.05. The standard InChI is InChI=1S/C8H10ClNO/c1-10(2)7-4-3-6(9)5-8(7)11/h3-5,11H,1-2H3. The Hall–Kier alpha value is -0.890. The number of benzene rings is 1. The highest BCUT2D eigenvalue weighted by atomic mass is 35.5. The number of anilines is 1. The molecule has 0 fully saturated rings. The van der Waals surface area contributed by atoms with Crippen molar-refractivity contribution in [3.8, 4) is 5.75 Å². The summed E-state index contributed by atoms with van der Waals surface area (Å²) in [5, 5.41) is 9.88. The lowest BCUT2D eigenvalue weighted by molar-refractivity contribution is 0.476. The van der Waals surface area contributed by atoms with E-state index in [4.69, 9.17) is 11.6 Å². The number of phenolic OH excluding ortho intramolecular Hbond substituents is 1. The lowest BCUT2D eigenvalue weighted by atomic mass is 10.3. The van der Waals surface area contributed by atoms with Crippen LogP contribution in [0, 0.1) is 0 Å². The van der Waals surface area contributed by atoms with E-state index in [1.54, 1.807) is 12.1 Å². The Kier molecular flexibility index (Phi) is 2.25. The maximum Gasteiger partial charge on any atom is 0.140 e. The van der Waals surface area contributed by atoms with Gasteiger partial charge in [-0.2, -0.15) is 0 Å². The number of halogens is 1. The van der Waals surface area contributed by atoms with Crippen molar-refractivity contribution in [2.24, 2.45) is 0 Å². The molecule has 0 atom stereocenters. The molecule has 0 aliphatic heterocycles. The third-order valence-electron chi connectivity index (χ3n) is 1.42. The summed E-state index contributed by atoms with van der Waals surface area (Å²) in [6.45, 7) is 0. The van der Waals surface area contributed by atoms with Crippen LogP contribution >= 0.6 is 11.6 Å². The van der Waals surface area contributed by atoms with Crippen molar-refractivity contribution < 1.29 is 5.11 Å². The second-order valence-electron chi connectivity index (χ2n) is 2.53. The van der Waals surface area contributed by atoms with Gasteiger partial charge in [0.25, 0.3) is 0 Å². The van der Waals surface area contributed by atoms with E-state index >= 15 is 0 Å². The average molecular weight is 172 g/mol. The summed E-state index contributed by atoms with van der Waals surface area (Å²) in [4.78, 5) is 1.83. The minimum atomic E-state index is 0.211. The Bertz CT molecular complexity index is 260. The van der Waals surface area contributed by atoms with Crippen molar-refractivity contribution >= 4 is 17.3 Å². The number of nitrogens with zero attached hydrogens (tertiary/aromatic N) is 1. The highest BCUT2D eigenvalue weighted by Crippen LogP contribution is 2.28. The van der Waals surface area contributed by atoms with Gasteiger partial charge >= 0.3 is 0 Å². The maximum atomic E-state index is 9.34. The van der Waals surface area contributed by atoms with Gasteiger partial charge in [-0.05, 0) is 12.1 Å². The quantitative estimate of drug-likeness (QED) is 0.700. The van der Waals surface area contributed by atoms with Gasteiger partial charge in [0, 0.05) is 25.2 Å². The molecule has 1 rings (SSSR count). The highest BCUT2D eigenvalue weighted by Gasteiger charge is 2.01. The Balaban J connectivity index is 3.09. The van der Waals surface area contributed by atoms with Crippen LogP contribution in [0.25, 0.3) is 0 Å². The van der Waals surface area contributed by atoms with Crippen LogP contribution in [0.4, 0.5) is 5.69 Å². The van der Waals surface area contributed by atoms with E-state index in [-0.39, 0.29) is 5.75 Å². The molecule has 2 nitrogen and oxygen atoms in total. The molecule has 0 radical (unpaired) electrons. The maximum absolute atomic E-state index is 9.34. The second kappa shape index (κ2) is 3.01. The predicted molar refractivity (Wildman–Crippen MR) is 47.4 cm³/mol. The largest absolute Gasteiger partial charge is 0.506 e. The molecule has 0 aromatic heterocycles. The fraction of sp³-hybridized carbons (Fsp3) is 0.250. The van der Waals surface area contributed by atoms with Gasteiger partial charge in [0.1, 0.15) is 5.75 Å². The van der Waals surface area contributed by atoms with Crippen LogP contribution in [0.1, 0.15) is 0 Å². The van der Waals surface area contributed by atoms with Crippen molar-refractivity contribution in [3.63, 3.8) is 0 Å². The first-order chi connectivity index (χ1) is 5.11. The number of rotatable bonds is 1. The molecule has 1 aromatic rings. The van der Waals surface area contributed by atoms with Gasteiger partial charge < -0.3 is 10.0 Å². The first-order valence-electron chi connectivity index (χ1n) is 3.27. The second-order valence-corrected chi connectivity index (χ2v) is 2.96. The average Bonchev–Trinajstić information content (AvgIpc) is 1.85. The van der Waals surface area contributed by atoms with Crippen molar-refractivity contribution in [1.82, 2.24) is 0 Å². The van der Waals surface area contributed by atoms with Gasteiger partial charge in [0.2, 0.25) is 0 Å². The number of hydrogen-bond donors (Lipinski definition) is 1. The Morgan fingerprint density at radius 1 is 1.36 bits per heavy atom. The van der Waals surface area contributed by atoms with Gasteiger partial charge in [0.05, 0.1) is 5.69 Å². The molecule has 0 aliphatic carbocycles. The molecule has 0 unspecified atom stereocenters. The fourth-order valence-corrected chi connectivity index (χ4v) is 1.04. The topological polar surface area (TPSA) is 23.5 Å². The van der Waals surface area contributed by atoms with Crippen LogP contribution in [0.15, 0.2) is 18.2 Å². The predicted octanol–water partition coefficient (Wildman–Crippen LogP) is 2.11. The van der Waals surface area contributed by atoms with Crippen LogP contribution in [0.3, 0.4) is 0 Å². The summed E-state index contributed by atoms with van der Waals surface area (Å²) in [5.41, 5.74) is 0.773. The normalized spacial score (nSPS) is 9.73. The summed E-state index contributed by atoms with van der Waals surface area (Å²) in [6.07, 6.45) is 0. The Morgan fingerprint density at radius 2 is 2.00 bits per heavy atom. The molecule has 0 spiro atoms. The van der Waals surface area contributed by atoms with Crippen molar-refractivity contribution in [2.45, 2.75) is 0 Å². The monoisotopic (exact) mass is 171 g/mol. The van der Waals surface area contributed by atoms with Gasteiger partial charge in [-0.15, -0.1) is 0 Å². The van der Waals surface area contributed by atoms with E-state index in [9.17, 15) is 5.11 Å². The fourth-order valence-electron chi connectivity index (χ4n) is 0.875. The molecular weight excluding hydrogens is 162 g/mol. The van der Waals surface area contributed by atoms with Crippen molar-refractivity contribution in [2.75, 3.05) is 19.0 Å². The first-order valence-corrected chi connectivity index (χ1v) is 3.65. The molecule has 11 heavy (non-hydrogen) atoms. The van der Waals surface area contributed by atoms with E-state index in [1.807, 2.05) is 19.0 Å². The molecule has 0 saturated carbocycles. The number of aromatic hydroxyl groups is 1. The lowest BCUT2D eigenvalue weighted by Gasteiger charge is -2.13. The minimum absolute atomic E-state index is 0.211. The van der Waals surface area contributed by atoms with Gasteiger partial charge in [-0.1, -0.05) is 11.6 Å². The zero-order valence-corrected chi connectivity index (χ0v) is 7.26. The minimum Gasteiger partial charge on any atom is -0.506 e. The molecule has 3 heteroatoms. The molecule has 0 saturated heterocycles. The van der Waals surface area contributed by atoms with E-state index < -0.39 is 0 Å². The van der Waals surface area contributed by atoms with Crippen LogP contribution < -0.4 is 4.90 Å². The van der Waals surface area contributed by atoms with Gasteiger partial charge in [-0.25, -0.2) is 0 Å². The Labute approximate surface area is 71.0 Å². The third kappa shape index (κ3) is 1.77. The van der Waals surface area contributed by atoms with E-state index in [2.05, 4.69) is 0 Å². The third-order valence-corrected chi connectivity index (χ3v) is 1.65. The molecule has 1 N–H and O–H groups in total. The van der Waals surface area contributed by atoms with Gasteiger partial charge in [0.15, 0.2) is 0 Å². The van der Waals surface area contributed by atoms with Crippen LogP contribution in [0.5, 0.6) is 5.75 Å². The van der Waals surface area contributed by atoms with E-state index in [1.165, 1.54) is 6.07 Å². The summed E-state index contributed by atoms with van der Waals surface area (Å²) in [7, 11) is 3.73. The SMILES string of the molecule is CN(C)c1ccc(Cl)cc1O. The van der Waals surface area contributed by atoms with Gasteiger partial charge in [-0.3, -0.25) is 0 Å². The molecule has 60 valence electrons. The van der Waals surface area contributed by atoms with Crippen LogP contribution in [-0.2, 0) is 0 Å². The van der Waals surface area contributed by atoms with Crippen LogP contribution in [-0.4, -0.2) is 19.2 Å². The summed E-state index contributed by atoms with van der Waals surface area (Å²) >= 11 is 5.64. The zero-order valence-electron chi connectivity index (χ0n) is 6.50. The smallest absolute Gasteiger partial charge is 0.140 e. The van der Waals surface area contributed by atoms with E-state index in [0.717, 1.165) is 5.69 Å². The zero-order chi connectivity index (χ0) is 8.43. The molecule has 0 amide bonds. The van der Waals surface area contributed by atoms with Crippen molar-refractivity contribution in [1.29, 1.82) is 0 Å². The van der Waals surface area contributed by atoms with Crippen LogP contribution in [0.2, 0.25) is 5.02 Å². The van der Waals surface area contributed by atoms with Crippen molar-refractivity contribution in [3.05, 3.63) is 23.2 Å². The van der Waals surface area contributed by atoms with E-state index in [0.29, 0.717) is 5.02 Å².